The van der Waals surface area contributed by atoms with E-state index in [2.05, 4.69) is 10.5 Å². The van der Waals surface area contributed by atoms with Gasteiger partial charge in [0, 0.05) is 16.5 Å². The molecule has 1 heterocycles. The van der Waals surface area contributed by atoms with Gasteiger partial charge in [-0.15, -0.1) is 0 Å². The molecule has 0 aliphatic heterocycles. The van der Waals surface area contributed by atoms with E-state index < -0.39 is 0 Å². The molecule has 4 rings (SSSR count). The second kappa shape index (κ2) is 11.4. The molecule has 0 bridgehead atoms. The van der Waals surface area contributed by atoms with Gasteiger partial charge in [0.15, 0.2) is 11.5 Å². The van der Waals surface area contributed by atoms with Gasteiger partial charge >= 0.3 is 0 Å². The summed E-state index contributed by atoms with van der Waals surface area (Å²) in [7, 11) is 4.60. The molecule has 0 saturated heterocycles. The topological polar surface area (TPSA) is 91.3 Å². The maximum Gasteiger partial charge on any atom is 0.272 e. The Balaban J connectivity index is 1.66. The van der Waals surface area contributed by atoms with Crippen molar-refractivity contribution in [2.24, 2.45) is 5.10 Å². The molecule has 0 fully saturated rings. The number of hydrogen-bond acceptors (Lipinski definition) is 7. The first-order valence-electron chi connectivity index (χ1n) is 11.7. The lowest BCUT2D eigenvalue weighted by Crippen LogP contribution is -2.18. The molecule has 0 spiro atoms. The summed E-state index contributed by atoms with van der Waals surface area (Å²) in [6.07, 6.45) is 1.54. The Morgan fingerprint density at radius 1 is 0.919 bits per heavy atom. The van der Waals surface area contributed by atoms with Crippen molar-refractivity contribution >= 4 is 23.0 Å². The molecular formula is C29H29N3O5. The molecule has 190 valence electrons. The van der Waals surface area contributed by atoms with Crippen LogP contribution in [0.3, 0.4) is 0 Å². The van der Waals surface area contributed by atoms with Gasteiger partial charge in [0.25, 0.3) is 5.91 Å². The first-order chi connectivity index (χ1) is 17.9. The van der Waals surface area contributed by atoms with Crippen LogP contribution in [-0.2, 0) is 0 Å². The molecule has 8 heteroatoms. The van der Waals surface area contributed by atoms with Crippen LogP contribution in [0.25, 0.3) is 22.2 Å². The number of aromatic nitrogens is 1. The Bertz CT molecular complexity index is 1450. The second-order valence-corrected chi connectivity index (χ2v) is 8.39. The van der Waals surface area contributed by atoms with Gasteiger partial charge < -0.3 is 18.9 Å². The summed E-state index contributed by atoms with van der Waals surface area (Å²) in [5.41, 5.74) is 5.89. The van der Waals surface area contributed by atoms with Gasteiger partial charge in [-0.05, 0) is 50.2 Å². The van der Waals surface area contributed by atoms with E-state index in [4.69, 9.17) is 23.9 Å². The molecule has 0 radical (unpaired) electrons. The van der Waals surface area contributed by atoms with Gasteiger partial charge in [-0.1, -0.05) is 30.3 Å². The largest absolute Gasteiger partial charge is 0.493 e. The van der Waals surface area contributed by atoms with Crippen molar-refractivity contribution in [3.05, 3.63) is 77.9 Å². The lowest BCUT2D eigenvalue weighted by Gasteiger charge is -2.13. The van der Waals surface area contributed by atoms with Gasteiger partial charge in [0.05, 0.1) is 50.4 Å². The molecule has 8 nitrogen and oxygen atoms in total. The average molecular weight is 500 g/mol. The number of nitrogens with zero attached hydrogens (tertiary/aromatic N) is 2. The molecular weight excluding hydrogens is 470 g/mol. The number of amides is 1. The first kappa shape index (κ1) is 25.5. The maximum absolute atomic E-state index is 13.3. The fourth-order valence-electron chi connectivity index (χ4n) is 3.96. The number of rotatable bonds is 9. The lowest BCUT2D eigenvalue weighted by molar-refractivity contribution is 0.0956. The predicted octanol–water partition coefficient (Wildman–Crippen LogP) is 5.48. The highest BCUT2D eigenvalue weighted by atomic mass is 16.5. The molecule has 0 atom stereocenters. The van der Waals surface area contributed by atoms with Crippen LogP contribution >= 0.6 is 0 Å². The number of ether oxygens (including phenoxy) is 4. The summed E-state index contributed by atoms with van der Waals surface area (Å²) in [6, 6.07) is 20.4. The van der Waals surface area contributed by atoms with Crippen LogP contribution < -0.4 is 24.4 Å². The molecule has 4 aromatic rings. The van der Waals surface area contributed by atoms with Crippen molar-refractivity contribution in [3.8, 4) is 34.3 Å². The Morgan fingerprint density at radius 3 is 2.43 bits per heavy atom. The van der Waals surface area contributed by atoms with E-state index in [1.807, 2.05) is 62.4 Å². The zero-order valence-electron chi connectivity index (χ0n) is 21.4. The van der Waals surface area contributed by atoms with Crippen molar-refractivity contribution in [2.75, 3.05) is 21.3 Å². The number of fused-ring (bicyclic) bond motifs is 1. The molecule has 1 aromatic heterocycles. The summed E-state index contributed by atoms with van der Waals surface area (Å²) in [5.74, 6) is 1.78. The van der Waals surface area contributed by atoms with Crippen molar-refractivity contribution in [1.82, 2.24) is 10.4 Å². The fourth-order valence-corrected chi connectivity index (χ4v) is 3.96. The molecule has 0 unspecified atom stereocenters. The Hall–Kier alpha value is -4.59. The molecule has 0 aliphatic rings. The molecule has 3 aromatic carbocycles. The van der Waals surface area contributed by atoms with E-state index in [0.29, 0.717) is 39.6 Å². The van der Waals surface area contributed by atoms with Crippen LogP contribution in [0, 0.1) is 0 Å². The number of methoxy groups -OCH3 is 3. The number of hydrogen-bond donors (Lipinski definition) is 1. The minimum absolute atomic E-state index is 0.0447. The molecule has 0 saturated carbocycles. The van der Waals surface area contributed by atoms with Crippen LogP contribution in [0.2, 0.25) is 0 Å². The van der Waals surface area contributed by atoms with Crippen molar-refractivity contribution in [3.63, 3.8) is 0 Å². The predicted molar refractivity (Wildman–Crippen MR) is 144 cm³/mol. The Morgan fingerprint density at radius 2 is 1.70 bits per heavy atom. The standard InChI is InChI=1S/C29H29N3O5/c1-18(2)37-21-10-8-9-19(15-21)25-16-23(22-11-6-7-12-24(22)31-25)29(33)32-30-17-20-13-14-26(34-3)28(36-5)27(20)35-4/h6-18H,1-5H3,(H,32,33)/b30-17-. The van der Waals surface area contributed by atoms with E-state index in [-0.39, 0.29) is 12.0 Å². The number of nitrogens with one attached hydrogen (secondary N) is 1. The van der Waals surface area contributed by atoms with Crippen molar-refractivity contribution in [2.45, 2.75) is 20.0 Å². The van der Waals surface area contributed by atoms with E-state index >= 15 is 0 Å². The van der Waals surface area contributed by atoms with Gasteiger partial charge in [-0.2, -0.15) is 5.10 Å². The van der Waals surface area contributed by atoms with Crippen molar-refractivity contribution in [1.29, 1.82) is 0 Å². The van der Waals surface area contributed by atoms with E-state index in [0.717, 1.165) is 16.7 Å². The summed E-state index contributed by atoms with van der Waals surface area (Å²) in [5, 5.41) is 4.89. The summed E-state index contributed by atoms with van der Waals surface area (Å²) < 4.78 is 22.0. The Labute approximate surface area is 215 Å². The fraction of sp³-hybridized carbons (Fsp3) is 0.207. The molecule has 37 heavy (non-hydrogen) atoms. The number of para-hydroxylation sites is 1. The van der Waals surface area contributed by atoms with Crippen LogP contribution in [0.1, 0.15) is 29.8 Å². The molecule has 0 aliphatic carbocycles. The highest BCUT2D eigenvalue weighted by Crippen LogP contribution is 2.39. The van der Waals surface area contributed by atoms with Gasteiger partial charge in [-0.25, -0.2) is 10.4 Å². The third kappa shape index (κ3) is 5.64. The maximum atomic E-state index is 13.3. The number of hydrazone groups is 1. The van der Waals surface area contributed by atoms with Gasteiger partial charge in [0.1, 0.15) is 5.75 Å². The smallest absolute Gasteiger partial charge is 0.272 e. The van der Waals surface area contributed by atoms with Crippen LogP contribution in [-0.4, -0.2) is 44.5 Å². The SMILES string of the molecule is COc1ccc(/C=N\NC(=O)c2cc(-c3cccc(OC(C)C)c3)nc3ccccc23)c(OC)c1OC. The third-order valence-electron chi connectivity index (χ3n) is 5.57. The van der Waals surface area contributed by atoms with Crippen LogP contribution in [0.4, 0.5) is 0 Å². The summed E-state index contributed by atoms with van der Waals surface area (Å²) >= 11 is 0. The highest BCUT2D eigenvalue weighted by Gasteiger charge is 2.16. The third-order valence-corrected chi connectivity index (χ3v) is 5.57. The second-order valence-electron chi connectivity index (χ2n) is 8.39. The van der Waals surface area contributed by atoms with Gasteiger partial charge in [-0.3, -0.25) is 4.79 Å². The van der Waals surface area contributed by atoms with E-state index in [9.17, 15) is 4.79 Å². The summed E-state index contributed by atoms with van der Waals surface area (Å²) in [4.78, 5) is 18.0. The number of pyridine rings is 1. The van der Waals surface area contributed by atoms with Crippen molar-refractivity contribution < 1.29 is 23.7 Å². The number of benzene rings is 3. The minimum Gasteiger partial charge on any atom is -0.493 e. The number of carbonyl (C=O) groups excluding carboxylic acids is 1. The van der Waals surface area contributed by atoms with E-state index in [1.54, 1.807) is 25.3 Å². The lowest BCUT2D eigenvalue weighted by atomic mass is 10.0. The normalized spacial score (nSPS) is 11.1. The zero-order valence-corrected chi connectivity index (χ0v) is 21.4. The van der Waals surface area contributed by atoms with Crippen LogP contribution in [0.5, 0.6) is 23.0 Å². The van der Waals surface area contributed by atoms with Gasteiger partial charge in [0.2, 0.25) is 5.75 Å². The molecule has 1 N–H and O–H groups in total. The zero-order chi connectivity index (χ0) is 26.4. The van der Waals surface area contributed by atoms with E-state index in [1.165, 1.54) is 20.4 Å². The average Bonchev–Trinajstić information content (AvgIpc) is 2.91. The first-order valence-corrected chi connectivity index (χ1v) is 11.7. The molecule has 1 amide bonds. The monoisotopic (exact) mass is 499 g/mol. The summed E-state index contributed by atoms with van der Waals surface area (Å²) in [6.45, 7) is 3.95. The quantitative estimate of drug-likeness (QED) is 0.242. The minimum atomic E-state index is -0.370. The number of carbonyl (C=O) groups is 1. The van der Waals surface area contributed by atoms with Crippen LogP contribution in [0.15, 0.2) is 71.8 Å². The highest BCUT2D eigenvalue weighted by molar-refractivity contribution is 6.07. The Kier molecular flexibility index (Phi) is 7.88.